The SMILES string of the molecule is CC(C)C(=O)N1CCC(c2noc(-c3ccnc(-c4cnn(C)c4)c3)n2)CC1. The van der Waals surface area contributed by atoms with Crippen molar-refractivity contribution < 1.29 is 9.32 Å². The molecule has 4 heterocycles. The maximum atomic E-state index is 12.1. The van der Waals surface area contributed by atoms with Gasteiger partial charge in [-0.3, -0.25) is 14.5 Å². The first-order chi connectivity index (χ1) is 13.5. The molecule has 1 fully saturated rings. The van der Waals surface area contributed by atoms with E-state index in [0.717, 1.165) is 42.8 Å². The summed E-state index contributed by atoms with van der Waals surface area (Å²) in [6, 6.07) is 3.79. The van der Waals surface area contributed by atoms with Gasteiger partial charge in [0.1, 0.15) is 0 Å². The summed E-state index contributed by atoms with van der Waals surface area (Å²) in [5.41, 5.74) is 2.58. The van der Waals surface area contributed by atoms with Crippen LogP contribution < -0.4 is 0 Å². The van der Waals surface area contributed by atoms with Crippen molar-refractivity contribution in [2.75, 3.05) is 13.1 Å². The van der Waals surface area contributed by atoms with Crippen LogP contribution in [0.4, 0.5) is 0 Å². The molecule has 8 heteroatoms. The molecule has 4 rings (SSSR count). The molecule has 0 N–H and O–H groups in total. The van der Waals surface area contributed by atoms with Crippen LogP contribution in [0.15, 0.2) is 35.2 Å². The van der Waals surface area contributed by atoms with Crippen molar-refractivity contribution in [3.8, 4) is 22.7 Å². The van der Waals surface area contributed by atoms with Crippen LogP contribution >= 0.6 is 0 Å². The van der Waals surface area contributed by atoms with Gasteiger partial charge in [-0.25, -0.2) is 0 Å². The Morgan fingerprint density at radius 3 is 2.71 bits per heavy atom. The highest BCUT2D eigenvalue weighted by Gasteiger charge is 2.28. The molecule has 0 bridgehead atoms. The fourth-order valence-electron chi connectivity index (χ4n) is 3.52. The quantitative estimate of drug-likeness (QED) is 0.691. The van der Waals surface area contributed by atoms with Gasteiger partial charge in [0, 0.05) is 55.5 Å². The van der Waals surface area contributed by atoms with Gasteiger partial charge in [-0.15, -0.1) is 0 Å². The minimum Gasteiger partial charge on any atom is -0.342 e. The number of likely N-dealkylation sites (tertiary alicyclic amines) is 1. The van der Waals surface area contributed by atoms with Gasteiger partial charge in [0.25, 0.3) is 5.89 Å². The number of rotatable bonds is 4. The van der Waals surface area contributed by atoms with E-state index < -0.39 is 0 Å². The van der Waals surface area contributed by atoms with Crippen LogP contribution in [0.25, 0.3) is 22.7 Å². The number of aryl methyl sites for hydroxylation is 1. The molecule has 1 saturated heterocycles. The Bertz CT molecular complexity index is 968. The zero-order chi connectivity index (χ0) is 19.7. The molecule has 1 aliphatic rings. The second-order valence-electron chi connectivity index (χ2n) is 7.54. The standard InChI is InChI=1S/C20H24N6O2/c1-13(2)20(27)26-8-5-14(6-9-26)18-23-19(28-24-18)15-4-7-21-17(10-15)16-11-22-25(3)12-16/h4,7,10-14H,5-6,8-9H2,1-3H3. The summed E-state index contributed by atoms with van der Waals surface area (Å²) in [7, 11) is 1.87. The fourth-order valence-corrected chi connectivity index (χ4v) is 3.52. The summed E-state index contributed by atoms with van der Waals surface area (Å²) in [4.78, 5) is 23.1. The first-order valence-corrected chi connectivity index (χ1v) is 9.59. The molecule has 0 aromatic carbocycles. The van der Waals surface area contributed by atoms with Gasteiger partial charge in [-0.1, -0.05) is 19.0 Å². The third kappa shape index (κ3) is 3.67. The second kappa shape index (κ2) is 7.53. The number of amides is 1. The minimum absolute atomic E-state index is 0.0361. The van der Waals surface area contributed by atoms with E-state index in [-0.39, 0.29) is 17.7 Å². The first-order valence-electron chi connectivity index (χ1n) is 9.59. The Hall–Kier alpha value is -3.03. The molecule has 0 saturated carbocycles. The van der Waals surface area contributed by atoms with Crippen molar-refractivity contribution in [2.24, 2.45) is 13.0 Å². The number of hydrogen-bond acceptors (Lipinski definition) is 6. The predicted molar refractivity (Wildman–Crippen MR) is 103 cm³/mol. The Morgan fingerprint density at radius 2 is 2.04 bits per heavy atom. The van der Waals surface area contributed by atoms with Gasteiger partial charge in [0.2, 0.25) is 5.91 Å². The lowest BCUT2D eigenvalue weighted by atomic mass is 9.95. The molecule has 8 nitrogen and oxygen atoms in total. The van der Waals surface area contributed by atoms with E-state index in [0.29, 0.717) is 11.7 Å². The van der Waals surface area contributed by atoms with E-state index in [9.17, 15) is 4.79 Å². The Morgan fingerprint density at radius 1 is 1.25 bits per heavy atom. The lowest BCUT2D eigenvalue weighted by Crippen LogP contribution is -2.40. The molecule has 28 heavy (non-hydrogen) atoms. The largest absolute Gasteiger partial charge is 0.342 e. The molecular weight excluding hydrogens is 356 g/mol. The van der Waals surface area contributed by atoms with Crippen LogP contribution in [0.3, 0.4) is 0 Å². The molecule has 146 valence electrons. The first kappa shape index (κ1) is 18.3. The number of nitrogens with zero attached hydrogens (tertiary/aromatic N) is 6. The molecule has 3 aromatic heterocycles. The molecular formula is C20H24N6O2. The van der Waals surface area contributed by atoms with Crippen molar-refractivity contribution in [1.82, 2.24) is 29.8 Å². The molecule has 0 aliphatic carbocycles. The monoisotopic (exact) mass is 380 g/mol. The van der Waals surface area contributed by atoms with Crippen LogP contribution in [0.1, 0.15) is 38.4 Å². The van der Waals surface area contributed by atoms with Crippen molar-refractivity contribution in [3.63, 3.8) is 0 Å². The zero-order valence-electron chi connectivity index (χ0n) is 16.4. The molecule has 1 aliphatic heterocycles. The third-order valence-electron chi connectivity index (χ3n) is 5.11. The van der Waals surface area contributed by atoms with Crippen molar-refractivity contribution in [1.29, 1.82) is 0 Å². The van der Waals surface area contributed by atoms with Gasteiger partial charge in [-0.05, 0) is 25.0 Å². The maximum Gasteiger partial charge on any atom is 0.258 e. The fraction of sp³-hybridized carbons (Fsp3) is 0.450. The van der Waals surface area contributed by atoms with E-state index in [4.69, 9.17) is 4.52 Å². The van der Waals surface area contributed by atoms with Gasteiger partial charge in [-0.2, -0.15) is 10.1 Å². The van der Waals surface area contributed by atoms with E-state index >= 15 is 0 Å². The van der Waals surface area contributed by atoms with Crippen LogP contribution in [-0.4, -0.2) is 48.8 Å². The lowest BCUT2D eigenvalue weighted by Gasteiger charge is -2.31. The smallest absolute Gasteiger partial charge is 0.258 e. The van der Waals surface area contributed by atoms with Crippen molar-refractivity contribution in [2.45, 2.75) is 32.6 Å². The highest BCUT2D eigenvalue weighted by Crippen LogP contribution is 2.29. The highest BCUT2D eigenvalue weighted by atomic mass is 16.5. The van der Waals surface area contributed by atoms with Crippen LogP contribution in [-0.2, 0) is 11.8 Å². The molecule has 0 unspecified atom stereocenters. The molecule has 0 spiro atoms. The molecule has 0 radical (unpaired) electrons. The lowest BCUT2D eigenvalue weighted by molar-refractivity contribution is -0.135. The predicted octanol–water partition coefficient (Wildman–Crippen LogP) is 2.89. The van der Waals surface area contributed by atoms with Gasteiger partial charge in [0.15, 0.2) is 5.82 Å². The molecule has 0 atom stereocenters. The van der Waals surface area contributed by atoms with E-state index in [1.165, 1.54) is 0 Å². The summed E-state index contributed by atoms with van der Waals surface area (Å²) in [5, 5.41) is 8.39. The summed E-state index contributed by atoms with van der Waals surface area (Å²) < 4.78 is 7.26. The van der Waals surface area contributed by atoms with Gasteiger partial charge in [0.05, 0.1) is 11.9 Å². The maximum absolute atomic E-state index is 12.1. The number of pyridine rings is 1. The Kier molecular flexibility index (Phi) is 4.93. The number of carbonyl (C=O) groups is 1. The van der Waals surface area contributed by atoms with Gasteiger partial charge < -0.3 is 9.42 Å². The number of carbonyl (C=O) groups excluding carboxylic acids is 1. The van der Waals surface area contributed by atoms with E-state index in [1.807, 2.05) is 44.1 Å². The minimum atomic E-state index is 0.0361. The summed E-state index contributed by atoms with van der Waals surface area (Å²) in [6.45, 7) is 5.36. The highest BCUT2D eigenvalue weighted by molar-refractivity contribution is 5.78. The average Bonchev–Trinajstić information content (AvgIpc) is 3.37. The Balaban J connectivity index is 1.47. The Labute approximate surface area is 163 Å². The zero-order valence-corrected chi connectivity index (χ0v) is 16.4. The second-order valence-corrected chi connectivity index (χ2v) is 7.54. The van der Waals surface area contributed by atoms with Crippen LogP contribution in [0.5, 0.6) is 0 Å². The van der Waals surface area contributed by atoms with E-state index in [2.05, 4.69) is 20.2 Å². The van der Waals surface area contributed by atoms with Crippen LogP contribution in [0, 0.1) is 5.92 Å². The van der Waals surface area contributed by atoms with Crippen molar-refractivity contribution in [3.05, 3.63) is 36.5 Å². The molecule has 3 aromatic rings. The topological polar surface area (TPSA) is 89.9 Å². The number of hydrogen-bond donors (Lipinski definition) is 0. The molecule has 1 amide bonds. The normalized spacial score (nSPS) is 15.4. The van der Waals surface area contributed by atoms with Gasteiger partial charge >= 0.3 is 0 Å². The van der Waals surface area contributed by atoms with Crippen LogP contribution in [0.2, 0.25) is 0 Å². The summed E-state index contributed by atoms with van der Waals surface area (Å²) >= 11 is 0. The summed E-state index contributed by atoms with van der Waals surface area (Å²) in [6.07, 6.45) is 7.14. The average molecular weight is 380 g/mol. The number of aromatic nitrogens is 5. The van der Waals surface area contributed by atoms with E-state index in [1.54, 1.807) is 17.1 Å². The third-order valence-corrected chi connectivity index (χ3v) is 5.11. The number of piperidine rings is 1. The summed E-state index contributed by atoms with van der Waals surface area (Å²) in [5.74, 6) is 1.67. The van der Waals surface area contributed by atoms with Crippen molar-refractivity contribution >= 4 is 5.91 Å².